The Balaban J connectivity index is 1.69. The number of aromatic nitrogens is 5. The van der Waals surface area contributed by atoms with Crippen LogP contribution in [0.5, 0.6) is 0 Å². The zero-order valence-electron chi connectivity index (χ0n) is 11.3. The molecule has 106 valence electrons. The Morgan fingerprint density at radius 2 is 2.10 bits per heavy atom. The molecule has 0 aliphatic carbocycles. The smallest absolute Gasteiger partial charge is 0.232 e. The van der Waals surface area contributed by atoms with Gasteiger partial charge in [0.1, 0.15) is 11.4 Å². The fraction of sp³-hybridized carbons (Fsp3) is 0.583. The van der Waals surface area contributed by atoms with Crippen LogP contribution in [0, 0.1) is 0 Å². The predicted octanol–water partition coefficient (Wildman–Crippen LogP) is 0.863. The lowest BCUT2D eigenvalue weighted by atomic mass is 10.1. The first kappa shape index (κ1) is 13.3. The highest BCUT2D eigenvalue weighted by Gasteiger charge is 2.18. The summed E-state index contributed by atoms with van der Waals surface area (Å²) in [6.07, 6.45) is 4.93. The molecule has 3 heterocycles. The third-order valence-corrected chi connectivity index (χ3v) is 4.36. The Morgan fingerprint density at radius 1 is 1.30 bits per heavy atom. The van der Waals surface area contributed by atoms with Crippen molar-refractivity contribution in [3.05, 3.63) is 6.33 Å². The van der Waals surface area contributed by atoms with Gasteiger partial charge in [0.25, 0.3) is 0 Å². The molecule has 0 saturated carbocycles. The number of rotatable bonds is 3. The number of aryl methyl sites for hydroxylation is 1. The van der Waals surface area contributed by atoms with Gasteiger partial charge in [0.15, 0.2) is 11.2 Å². The fourth-order valence-corrected chi connectivity index (χ4v) is 3.14. The normalized spacial score (nSPS) is 15.8. The first-order chi connectivity index (χ1) is 9.75. The monoisotopic (exact) mass is 292 g/mol. The van der Waals surface area contributed by atoms with E-state index in [-0.39, 0.29) is 5.91 Å². The van der Waals surface area contributed by atoms with E-state index in [9.17, 15) is 4.79 Å². The van der Waals surface area contributed by atoms with Gasteiger partial charge in [-0.3, -0.25) is 4.79 Å². The lowest BCUT2D eigenvalue weighted by Gasteiger charge is -2.26. The van der Waals surface area contributed by atoms with E-state index in [1.165, 1.54) is 24.5 Å². The maximum atomic E-state index is 12.1. The van der Waals surface area contributed by atoms with Gasteiger partial charge in [0.05, 0.1) is 5.75 Å². The van der Waals surface area contributed by atoms with Crippen LogP contribution in [0.4, 0.5) is 0 Å². The van der Waals surface area contributed by atoms with E-state index >= 15 is 0 Å². The minimum atomic E-state index is 0.172. The maximum absolute atomic E-state index is 12.1. The maximum Gasteiger partial charge on any atom is 0.232 e. The van der Waals surface area contributed by atoms with E-state index in [1.807, 2.05) is 4.90 Å². The molecule has 3 rings (SSSR count). The molecule has 1 saturated heterocycles. The number of fused-ring (bicyclic) bond motifs is 1. The molecule has 8 heteroatoms. The number of hydrogen-bond acceptors (Lipinski definition) is 6. The molecular formula is C12H16N6OS. The van der Waals surface area contributed by atoms with Gasteiger partial charge >= 0.3 is 0 Å². The van der Waals surface area contributed by atoms with E-state index in [4.69, 9.17) is 0 Å². The Labute approximate surface area is 120 Å². The first-order valence-electron chi connectivity index (χ1n) is 6.66. The van der Waals surface area contributed by atoms with E-state index in [1.54, 1.807) is 11.7 Å². The van der Waals surface area contributed by atoms with Crippen molar-refractivity contribution in [1.82, 2.24) is 29.9 Å². The van der Waals surface area contributed by atoms with Crippen molar-refractivity contribution < 1.29 is 4.79 Å². The quantitative estimate of drug-likeness (QED) is 0.617. The third-order valence-electron chi connectivity index (χ3n) is 3.40. The summed E-state index contributed by atoms with van der Waals surface area (Å²) in [6.45, 7) is 1.76. The highest BCUT2D eigenvalue weighted by atomic mass is 32.2. The van der Waals surface area contributed by atoms with Crippen molar-refractivity contribution in [2.75, 3.05) is 18.8 Å². The van der Waals surface area contributed by atoms with E-state index in [2.05, 4.69) is 20.3 Å². The Bertz CT molecular complexity index is 621. The van der Waals surface area contributed by atoms with Crippen LogP contribution in [-0.2, 0) is 11.8 Å². The molecule has 0 N–H and O–H groups in total. The molecule has 0 radical (unpaired) electrons. The van der Waals surface area contributed by atoms with Crippen LogP contribution in [0.2, 0.25) is 0 Å². The van der Waals surface area contributed by atoms with Crippen LogP contribution in [0.25, 0.3) is 11.2 Å². The molecule has 0 atom stereocenters. The number of amides is 1. The lowest BCUT2D eigenvalue weighted by molar-refractivity contribution is -0.129. The molecule has 20 heavy (non-hydrogen) atoms. The Morgan fingerprint density at radius 3 is 2.90 bits per heavy atom. The van der Waals surface area contributed by atoms with Gasteiger partial charge < -0.3 is 4.90 Å². The molecule has 1 fully saturated rings. The molecule has 2 aromatic rings. The van der Waals surface area contributed by atoms with Crippen LogP contribution >= 0.6 is 11.8 Å². The van der Waals surface area contributed by atoms with Gasteiger partial charge in [-0.05, 0) is 19.3 Å². The van der Waals surface area contributed by atoms with Crippen molar-refractivity contribution in [2.45, 2.75) is 24.3 Å². The molecule has 1 aliphatic heterocycles. The second kappa shape index (κ2) is 5.74. The van der Waals surface area contributed by atoms with Gasteiger partial charge in [-0.1, -0.05) is 17.0 Å². The molecule has 1 aliphatic rings. The minimum absolute atomic E-state index is 0.172. The summed E-state index contributed by atoms with van der Waals surface area (Å²) in [4.78, 5) is 22.4. The average Bonchev–Trinajstić information content (AvgIpc) is 2.88. The zero-order chi connectivity index (χ0) is 13.9. The summed E-state index contributed by atoms with van der Waals surface area (Å²) in [5.74, 6) is 0.563. The molecule has 0 aromatic carbocycles. The number of carbonyl (C=O) groups excluding carboxylic acids is 1. The number of carbonyl (C=O) groups is 1. The van der Waals surface area contributed by atoms with Crippen LogP contribution in [0.15, 0.2) is 11.4 Å². The molecule has 0 bridgehead atoms. The average molecular weight is 292 g/mol. The molecular weight excluding hydrogens is 276 g/mol. The Hall–Kier alpha value is -1.70. The number of nitrogens with zero attached hydrogens (tertiary/aromatic N) is 6. The molecule has 0 unspecified atom stereocenters. The van der Waals surface area contributed by atoms with Crippen molar-refractivity contribution in [2.24, 2.45) is 7.05 Å². The van der Waals surface area contributed by atoms with Crippen LogP contribution in [0.3, 0.4) is 0 Å². The molecule has 1 amide bonds. The van der Waals surface area contributed by atoms with E-state index in [0.717, 1.165) is 25.9 Å². The largest absolute Gasteiger partial charge is 0.342 e. The number of likely N-dealkylation sites (tertiary alicyclic amines) is 1. The topological polar surface area (TPSA) is 76.8 Å². The highest BCUT2D eigenvalue weighted by molar-refractivity contribution is 8.00. The van der Waals surface area contributed by atoms with Crippen LogP contribution < -0.4 is 0 Å². The Kier molecular flexibility index (Phi) is 3.81. The number of hydrogen-bond donors (Lipinski definition) is 0. The van der Waals surface area contributed by atoms with Crippen LogP contribution in [-0.4, -0.2) is 54.6 Å². The SMILES string of the molecule is Cn1nnc2c(SCC(=O)N3CCCCC3)ncnc21. The summed E-state index contributed by atoms with van der Waals surface area (Å²) in [7, 11) is 1.79. The summed E-state index contributed by atoms with van der Waals surface area (Å²) in [5.41, 5.74) is 1.35. The first-order valence-corrected chi connectivity index (χ1v) is 7.65. The van der Waals surface area contributed by atoms with E-state index in [0.29, 0.717) is 21.9 Å². The lowest BCUT2D eigenvalue weighted by Crippen LogP contribution is -2.36. The van der Waals surface area contributed by atoms with Crippen molar-refractivity contribution in [3.63, 3.8) is 0 Å². The van der Waals surface area contributed by atoms with Crippen molar-refractivity contribution in [1.29, 1.82) is 0 Å². The summed E-state index contributed by atoms with van der Waals surface area (Å²) >= 11 is 1.41. The van der Waals surface area contributed by atoms with Gasteiger partial charge in [-0.2, -0.15) is 0 Å². The van der Waals surface area contributed by atoms with Crippen LogP contribution in [0.1, 0.15) is 19.3 Å². The van der Waals surface area contributed by atoms with Gasteiger partial charge in [-0.25, -0.2) is 14.6 Å². The standard InChI is InChI=1S/C12H16N6OS/c1-17-11-10(15-16-17)12(14-8-13-11)20-7-9(19)18-5-3-2-4-6-18/h8H,2-7H2,1H3. The predicted molar refractivity (Wildman–Crippen MR) is 75.3 cm³/mol. The molecule has 7 nitrogen and oxygen atoms in total. The van der Waals surface area contributed by atoms with Gasteiger partial charge in [-0.15, -0.1) is 5.10 Å². The fourth-order valence-electron chi connectivity index (χ4n) is 2.30. The van der Waals surface area contributed by atoms with Crippen molar-refractivity contribution in [3.8, 4) is 0 Å². The summed E-state index contributed by atoms with van der Waals surface area (Å²) in [5, 5.41) is 8.70. The molecule has 0 spiro atoms. The van der Waals surface area contributed by atoms with Gasteiger partial charge in [0, 0.05) is 20.1 Å². The highest BCUT2D eigenvalue weighted by Crippen LogP contribution is 2.22. The minimum Gasteiger partial charge on any atom is -0.342 e. The van der Waals surface area contributed by atoms with E-state index < -0.39 is 0 Å². The third kappa shape index (κ3) is 2.60. The van der Waals surface area contributed by atoms with Gasteiger partial charge in [0.2, 0.25) is 5.91 Å². The summed E-state index contributed by atoms with van der Waals surface area (Å²) in [6, 6.07) is 0. The second-order valence-electron chi connectivity index (χ2n) is 4.79. The summed E-state index contributed by atoms with van der Waals surface area (Å²) < 4.78 is 1.60. The number of piperidine rings is 1. The number of thioether (sulfide) groups is 1. The molecule has 2 aromatic heterocycles. The zero-order valence-corrected chi connectivity index (χ0v) is 12.1. The van der Waals surface area contributed by atoms with Crippen molar-refractivity contribution >= 4 is 28.8 Å². The second-order valence-corrected chi connectivity index (χ2v) is 5.76.